The number of halogens is 1. The zero-order chi connectivity index (χ0) is 11.5. The number of rotatable bonds is 2. The van der Waals surface area contributed by atoms with E-state index in [-0.39, 0.29) is 5.69 Å². The fourth-order valence-electron chi connectivity index (χ4n) is 1.08. The van der Waals surface area contributed by atoms with Crippen LogP contribution in [0.15, 0.2) is 29.8 Å². The Kier molecular flexibility index (Phi) is 3.07. The number of hydrogen-bond donors (Lipinski definition) is 1. The lowest BCUT2D eigenvalue weighted by Crippen LogP contribution is -2.11. The van der Waals surface area contributed by atoms with Gasteiger partial charge in [-0.1, -0.05) is 23.7 Å². The Morgan fingerprint density at radius 2 is 2.19 bits per heavy atom. The van der Waals surface area contributed by atoms with Gasteiger partial charge in [0.05, 0.1) is 10.5 Å². The third-order valence-electron chi connectivity index (χ3n) is 1.83. The monoisotopic (exact) mass is 254 g/mol. The molecule has 1 aromatic heterocycles. The van der Waals surface area contributed by atoms with Gasteiger partial charge in [0.1, 0.15) is 10.8 Å². The quantitative estimate of drug-likeness (QED) is 0.661. The van der Waals surface area contributed by atoms with Crippen LogP contribution >= 0.6 is 22.9 Å². The van der Waals surface area contributed by atoms with Crippen molar-refractivity contribution in [3.63, 3.8) is 0 Å². The predicted octanol–water partition coefficient (Wildman–Crippen LogP) is 2.60. The van der Waals surface area contributed by atoms with Crippen LogP contribution in [-0.4, -0.2) is 11.0 Å². The Morgan fingerprint density at radius 3 is 2.81 bits per heavy atom. The van der Waals surface area contributed by atoms with Crippen LogP contribution in [0.3, 0.4) is 0 Å². The van der Waals surface area contributed by atoms with Crippen LogP contribution in [0.2, 0.25) is 5.02 Å². The summed E-state index contributed by atoms with van der Waals surface area (Å²) in [4.78, 5) is 15.4. The molecule has 82 valence electrons. The summed E-state index contributed by atoms with van der Waals surface area (Å²) in [5.74, 6) is -0.312. The Hall–Kier alpha value is -1.59. The molecule has 0 saturated carbocycles. The Labute approximate surface area is 101 Å². The molecule has 1 heterocycles. The van der Waals surface area contributed by atoms with Gasteiger partial charge >= 0.3 is 5.97 Å². The molecule has 2 aromatic rings. The maximum atomic E-state index is 11.6. The molecule has 0 amide bonds. The molecule has 0 saturated heterocycles. The van der Waals surface area contributed by atoms with Crippen molar-refractivity contribution in [2.24, 2.45) is 0 Å². The summed E-state index contributed by atoms with van der Waals surface area (Å²) < 4.78 is 5.06. The van der Waals surface area contributed by atoms with Crippen molar-refractivity contribution >= 4 is 33.9 Å². The lowest BCUT2D eigenvalue weighted by molar-refractivity contribution is 0.0730. The molecule has 0 aliphatic rings. The van der Waals surface area contributed by atoms with Gasteiger partial charge in [-0.3, -0.25) is 0 Å². The van der Waals surface area contributed by atoms with E-state index in [1.54, 1.807) is 24.3 Å². The maximum Gasteiger partial charge on any atom is 0.365 e. The van der Waals surface area contributed by atoms with Crippen molar-refractivity contribution in [2.75, 3.05) is 5.73 Å². The van der Waals surface area contributed by atoms with Gasteiger partial charge in [0, 0.05) is 0 Å². The van der Waals surface area contributed by atoms with E-state index < -0.39 is 5.97 Å². The normalized spacial score (nSPS) is 10.1. The number of aromatic nitrogens is 1. The molecular weight excluding hydrogens is 248 g/mol. The van der Waals surface area contributed by atoms with Crippen LogP contribution in [0.5, 0.6) is 5.75 Å². The second-order valence-corrected chi connectivity index (χ2v) is 4.18. The van der Waals surface area contributed by atoms with Crippen molar-refractivity contribution in [1.82, 2.24) is 4.98 Å². The van der Waals surface area contributed by atoms with Gasteiger partial charge < -0.3 is 10.5 Å². The summed E-state index contributed by atoms with van der Waals surface area (Å²) in [6.45, 7) is 0. The number of thiazole rings is 1. The van der Waals surface area contributed by atoms with Gasteiger partial charge in [0.15, 0.2) is 5.69 Å². The molecule has 0 unspecified atom stereocenters. The number of para-hydroxylation sites is 1. The topological polar surface area (TPSA) is 65.2 Å². The summed E-state index contributed by atoms with van der Waals surface area (Å²) >= 11 is 7.02. The van der Waals surface area contributed by atoms with Crippen LogP contribution in [0.1, 0.15) is 10.5 Å². The zero-order valence-corrected chi connectivity index (χ0v) is 9.59. The SMILES string of the molecule is Nc1scnc1C(=O)Oc1ccccc1Cl. The first-order chi connectivity index (χ1) is 7.68. The second kappa shape index (κ2) is 4.51. The lowest BCUT2D eigenvalue weighted by Gasteiger charge is -2.04. The minimum absolute atomic E-state index is 0.116. The summed E-state index contributed by atoms with van der Waals surface area (Å²) in [7, 11) is 0. The van der Waals surface area contributed by atoms with Crippen molar-refractivity contribution in [3.8, 4) is 5.75 Å². The number of hydrogen-bond acceptors (Lipinski definition) is 5. The molecule has 0 aliphatic heterocycles. The van der Waals surface area contributed by atoms with Crippen LogP contribution in [-0.2, 0) is 0 Å². The third kappa shape index (κ3) is 2.15. The Bertz CT molecular complexity index is 527. The van der Waals surface area contributed by atoms with E-state index in [0.29, 0.717) is 15.8 Å². The fourth-order valence-corrected chi connectivity index (χ4v) is 1.78. The van der Waals surface area contributed by atoms with Crippen LogP contribution < -0.4 is 10.5 Å². The smallest absolute Gasteiger partial charge is 0.365 e. The Morgan fingerprint density at radius 1 is 1.44 bits per heavy atom. The minimum Gasteiger partial charge on any atom is -0.420 e. The minimum atomic E-state index is -0.605. The molecule has 16 heavy (non-hydrogen) atoms. The molecule has 0 bridgehead atoms. The van der Waals surface area contributed by atoms with Gasteiger partial charge in [-0.05, 0) is 12.1 Å². The van der Waals surface area contributed by atoms with E-state index in [2.05, 4.69) is 4.98 Å². The van der Waals surface area contributed by atoms with E-state index >= 15 is 0 Å². The van der Waals surface area contributed by atoms with Gasteiger partial charge in [-0.15, -0.1) is 11.3 Å². The molecule has 0 atom stereocenters. The standard InChI is InChI=1S/C10H7ClN2O2S/c11-6-3-1-2-4-7(6)15-10(14)8-9(12)16-5-13-8/h1-5H,12H2. The second-order valence-electron chi connectivity index (χ2n) is 2.89. The van der Waals surface area contributed by atoms with Crippen molar-refractivity contribution in [2.45, 2.75) is 0 Å². The molecule has 2 N–H and O–H groups in total. The van der Waals surface area contributed by atoms with E-state index in [1.165, 1.54) is 16.8 Å². The number of anilines is 1. The molecule has 6 heteroatoms. The molecule has 0 fully saturated rings. The lowest BCUT2D eigenvalue weighted by atomic mass is 10.3. The summed E-state index contributed by atoms with van der Waals surface area (Å²) in [6, 6.07) is 6.70. The van der Waals surface area contributed by atoms with E-state index in [9.17, 15) is 4.79 Å². The molecule has 0 spiro atoms. The summed E-state index contributed by atoms with van der Waals surface area (Å²) in [5.41, 5.74) is 7.16. The van der Waals surface area contributed by atoms with Gasteiger partial charge in [0.25, 0.3) is 0 Å². The first kappa shape index (κ1) is 10.9. The number of ether oxygens (including phenoxy) is 1. The van der Waals surface area contributed by atoms with Gasteiger partial charge in [-0.2, -0.15) is 0 Å². The molecule has 1 aromatic carbocycles. The van der Waals surface area contributed by atoms with Crippen LogP contribution in [0.4, 0.5) is 5.00 Å². The highest BCUT2D eigenvalue weighted by Crippen LogP contribution is 2.25. The first-order valence-corrected chi connectivity index (χ1v) is 5.60. The van der Waals surface area contributed by atoms with Gasteiger partial charge in [0.2, 0.25) is 0 Å². The van der Waals surface area contributed by atoms with Crippen LogP contribution in [0, 0.1) is 0 Å². The molecule has 0 radical (unpaired) electrons. The van der Waals surface area contributed by atoms with Crippen LogP contribution in [0.25, 0.3) is 0 Å². The highest BCUT2D eigenvalue weighted by Gasteiger charge is 2.16. The van der Waals surface area contributed by atoms with E-state index in [1.807, 2.05) is 0 Å². The van der Waals surface area contributed by atoms with E-state index in [4.69, 9.17) is 22.1 Å². The number of carbonyl (C=O) groups is 1. The number of carbonyl (C=O) groups excluding carboxylic acids is 1. The molecular formula is C10H7ClN2O2S. The molecule has 4 nitrogen and oxygen atoms in total. The van der Waals surface area contributed by atoms with Crippen molar-refractivity contribution in [1.29, 1.82) is 0 Å². The zero-order valence-electron chi connectivity index (χ0n) is 8.01. The first-order valence-electron chi connectivity index (χ1n) is 4.34. The summed E-state index contributed by atoms with van der Waals surface area (Å²) in [6.07, 6.45) is 0. The fraction of sp³-hybridized carbons (Fsp3) is 0. The van der Waals surface area contributed by atoms with Crippen molar-refractivity contribution < 1.29 is 9.53 Å². The summed E-state index contributed by atoms with van der Waals surface area (Å²) in [5, 5.41) is 0.696. The maximum absolute atomic E-state index is 11.6. The largest absolute Gasteiger partial charge is 0.420 e. The average Bonchev–Trinajstić information content (AvgIpc) is 2.68. The predicted molar refractivity (Wildman–Crippen MR) is 62.9 cm³/mol. The van der Waals surface area contributed by atoms with Gasteiger partial charge in [-0.25, -0.2) is 9.78 Å². The number of nitrogen functional groups attached to an aromatic ring is 1. The average molecular weight is 255 g/mol. The van der Waals surface area contributed by atoms with E-state index in [0.717, 1.165) is 0 Å². The highest BCUT2D eigenvalue weighted by molar-refractivity contribution is 7.14. The Balaban J connectivity index is 2.21. The number of nitrogens with two attached hydrogens (primary N) is 1. The highest BCUT2D eigenvalue weighted by atomic mass is 35.5. The van der Waals surface area contributed by atoms with Crippen molar-refractivity contribution in [3.05, 3.63) is 40.5 Å². The number of benzene rings is 1. The molecule has 0 aliphatic carbocycles. The third-order valence-corrected chi connectivity index (χ3v) is 2.80. The number of nitrogens with zero attached hydrogens (tertiary/aromatic N) is 1. The molecule has 2 rings (SSSR count). The number of esters is 1.